The maximum absolute atomic E-state index is 12.7. The highest BCUT2D eigenvalue weighted by molar-refractivity contribution is 7.99. The second-order valence-corrected chi connectivity index (χ2v) is 8.43. The third kappa shape index (κ3) is 5.29. The molecule has 2 aromatic heterocycles. The Balaban J connectivity index is 1.52. The fraction of sp³-hybridized carbons (Fsp3) is 0.450. The lowest BCUT2D eigenvalue weighted by atomic mass is 10.0. The lowest BCUT2D eigenvalue weighted by molar-refractivity contribution is 0.0905. The number of pyridine rings is 2. The number of carbonyl (C=O) groups excluding carboxylic acids is 1. The third-order valence-electron chi connectivity index (χ3n) is 4.40. The highest BCUT2D eigenvalue weighted by Crippen LogP contribution is 2.24. The number of hydrogen-bond acceptors (Lipinski definition) is 5. The Morgan fingerprint density at radius 1 is 1.19 bits per heavy atom. The molecule has 1 aliphatic heterocycles. The molecule has 0 unspecified atom stereocenters. The summed E-state index contributed by atoms with van der Waals surface area (Å²) >= 11 is 1.63. The summed E-state index contributed by atoms with van der Waals surface area (Å²) < 4.78 is 0. The summed E-state index contributed by atoms with van der Waals surface area (Å²) in [5, 5.41) is 4.41. The predicted molar refractivity (Wildman–Crippen MR) is 105 cm³/mol. The largest absolute Gasteiger partial charge is 0.349 e. The van der Waals surface area contributed by atoms with Crippen LogP contribution in [0.1, 0.15) is 42.7 Å². The van der Waals surface area contributed by atoms with Crippen molar-refractivity contribution in [3.05, 3.63) is 54.0 Å². The SMILES string of the molecule is CC(C)Sc1ncccc1C(=O)NC1CCN(Cc2ccccn2)CC1. The summed E-state index contributed by atoms with van der Waals surface area (Å²) in [6, 6.07) is 9.94. The molecule has 2 aromatic rings. The zero-order chi connectivity index (χ0) is 18.4. The molecule has 0 aliphatic carbocycles. The fourth-order valence-electron chi connectivity index (χ4n) is 3.10. The van der Waals surface area contributed by atoms with Crippen LogP contribution in [0, 0.1) is 0 Å². The minimum absolute atomic E-state index is 0.00979. The Morgan fingerprint density at radius 2 is 1.96 bits per heavy atom. The minimum atomic E-state index is -0.00979. The van der Waals surface area contributed by atoms with Gasteiger partial charge < -0.3 is 5.32 Å². The molecule has 1 saturated heterocycles. The van der Waals surface area contributed by atoms with Gasteiger partial charge in [0.1, 0.15) is 5.03 Å². The van der Waals surface area contributed by atoms with Gasteiger partial charge in [0, 0.05) is 43.3 Å². The molecule has 3 heterocycles. The van der Waals surface area contributed by atoms with Crippen LogP contribution >= 0.6 is 11.8 Å². The number of thioether (sulfide) groups is 1. The molecule has 0 bridgehead atoms. The van der Waals surface area contributed by atoms with E-state index >= 15 is 0 Å². The van der Waals surface area contributed by atoms with Crippen LogP contribution in [-0.2, 0) is 6.54 Å². The monoisotopic (exact) mass is 370 g/mol. The molecule has 1 aliphatic rings. The van der Waals surface area contributed by atoms with Crippen LogP contribution in [0.2, 0.25) is 0 Å². The number of nitrogens with one attached hydrogen (secondary N) is 1. The molecule has 1 amide bonds. The van der Waals surface area contributed by atoms with Gasteiger partial charge in [0.05, 0.1) is 11.3 Å². The van der Waals surface area contributed by atoms with Crippen LogP contribution in [-0.4, -0.2) is 45.2 Å². The van der Waals surface area contributed by atoms with Crippen LogP contribution in [0.4, 0.5) is 0 Å². The van der Waals surface area contributed by atoms with Crippen LogP contribution < -0.4 is 5.32 Å². The molecular weight excluding hydrogens is 344 g/mol. The van der Waals surface area contributed by atoms with E-state index in [2.05, 4.69) is 40.1 Å². The van der Waals surface area contributed by atoms with E-state index in [1.54, 1.807) is 18.0 Å². The normalized spacial score (nSPS) is 16.0. The second-order valence-electron chi connectivity index (χ2n) is 6.87. The number of rotatable bonds is 6. The van der Waals surface area contributed by atoms with E-state index in [1.165, 1.54) is 0 Å². The Kier molecular flexibility index (Phi) is 6.63. The summed E-state index contributed by atoms with van der Waals surface area (Å²) in [5.41, 5.74) is 1.78. The van der Waals surface area contributed by atoms with Gasteiger partial charge in [0.15, 0.2) is 0 Å². The van der Waals surface area contributed by atoms with E-state index in [-0.39, 0.29) is 11.9 Å². The molecular formula is C20H26N4OS. The van der Waals surface area contributed by atoms with Gasteiger partial charge in [-0.15, -0.1) is 11.8 Å². The Labute approximate surface area is 159 Å². The Bertz CT molecular complexity index is 715. The average Bonchev–Trinajstić information content (AvgIpc) is 2.64. The van der Waals surface area contributed by atoms with Gasteiger partial charge in [-0.3, -0.25) is 14.7 Å². The summed E-state index contributed by atoms with van der Waals surface area (Å²) in [6.07, 6.45) is 5.51. The quantitative estimate of drug-likeness (QED) is 0.790. The summed E-state index contributed by atoms with van der Waals surface area (Å²) in [6.45, 7) is 7.04. The highest BCUT2D eigenvalue weighted by atomic mass is 32.2. The van der Waals surface area contributed by atoms with E-state index in [0.29, 0.717) is 10.8 Å². The number of likely N-dealkylation sites (tertiary alicyclic amines) is 1. The van der Waals surface area contributed by atoms with Crippen molar-refractivity contribution in [2.24, 2.45) is 0 Å². The maximum Gasteiger partial charge on any atom is 0.254 e. The van der Waals surface area contributed by atoms with Gasteiger partial charge in [-0.1, -0.05) is 19.9 Å². The zero-order valence-corrected chi connectivity index (χ0v) is 16.2. The number of aromatic nitrogens is 2. The van der Waals surface area contributed by atoms with Crippen molar-refractivity contribution in [2.45, 2.75) is 49.6 Å². The van der Waals surface area contributed by atoms with Crippen LogP contribution in [0.25, 0.3) is 0 Å². The van der Waals surface area contributed by atoms with E-state index < -0.39 is 0 Å². The molecule has 138 valence electrons. The minimum Gasteiger partial charge on any atom is -0.349 e. The van der Waals surface area contributed by atoms with Crippen LogP contribution in [0.15, 0.2) is 47.8 Å². The molecule has 0 spiro atoms. The number of hydrogen-bond donors (Lipinski definition) is 1. The topological polar surface area (TPSA) is 58.1 Å². The molecule has 6 heteroatoms. The van der Waals surface area contributed by atoms with Gasteiger partial charge in [-0.05, 0) is 37.1 Å². The lowest BCUT2D eigenvalue weighted by Gasteiger charge is -2.32. The van der Waals surface area contributed by atoms with Crippen molar-refractivity contribution in [3.8, 4) is 0 Å². The second kappa shape index (κ2) is 9.14. The van der Waals surface area contributed by atoms with Gasteiger partial charge in [0.25, 0.3) is 5.91 Å². The Morgan fingerprint density at radius 3 is 2.65 bits per heavy atom. The van der Waals surface area contributed by atoms with Crippen molar-refractivity contribution in [1.29, 1.82) is 0 Å². The van der Waals surface area contributed by atoms with Crippen molar-refractivity contribution in [3.63, 3.8) is 0 Å². The number of piperidine rings is 1. The first-order valence-electron chi connectivity index (χ1n) is 9.16. The van der Waals surface area contributed by atoms with Crippen molar-refractivity contribution in [1.82, 2.24) is 20.2 Å². The predicted octanol–water partition coefficient (Wildman–Crippen LogP) is 3.37. The van der Waals surface area contributed by atoms with Gasteiger partial charge in [-0.2, -0.15) is 0 Å². The fourth-order valence-corrected chi connectivity index (χ4v) is 3.96. The average molecular weight is 371 g/mol. The molecule has 0 radical (unpaired) electrons. The van der Waals surface area contributed by atoms with E-state index in [0.717, 1.165) is 43.2 Å². The molecule has 0 saturated carbocycles. The molecule has 5 nitrogen and oxygen atoms in total. The molecule has 3 rings (SSSR count). The first-order chi connectivity index (χ1) is 12.6. The summed E-state index contributed by atoms with van der Waals surface area (Å²) in [5.74, 6) is -0.00979. The molecule has 1 fully saturated rings. The van der Waals surface area contributed by atoms with Crippen molar-refractivity contribution < 1.29 is 4.79 Å². The first-order valence-corrected chi connectivity index (χ1v) is 10.0. The number of nitrogens with zero attached hydrogens (tertiary/aromatic N) is 3. The van der Waals surface area contributed by atoms with Crippen molar-refractivity contribution >= 4 is 17.7 Å². The number of amides is 1. The van der Waals surface area contributed by atoms with E-state index in [4.69, 9.17) is 0 Å². The maximum atomic E-state index is 12.7. The van der Waals surface area contributed by atoms with Crippen LogP contribution in [0.3, 0.4) is 0 Å². The standard InChI is InChI=1S/C20H26N4OS/c1-15(2)26-20-18(7-5-11-22-20)19(25)23-16-8-12-24(13-9-16)14-17-6-3-4-10-21-17/h3-7,10-11,15-16H,8-9,12-14H2,1-2H3,(H,23,25). The summed E-state index contributed by atoms with van der Waals surface area (Å²) in [4.78, 5) is 23.9. The molecule has 0 atom stereocenters. The first kappa shape index (κ1) is 18.9. The Hall–Kier alpha value is -1.92. The van der Waals surface area contributed by atoms with Gasteiger partial charge >= 0.3 is 0 Å². The lowest BCUT2D eigenvalue weighted by Crippen LogP contribution is -2.44. The summed E-state index contributed by atoms with van der Waals surface area (Å²) in [7, 11) is 0. The van der Waals surface area contributed by atoms with Gasteiger partial charge in [-0.25, -0.2) is 4.98 Å². The molecule has 1 N–H and O–H groups in total. The smallest absolute Gasteiger partial charge is 0.254 e. The van der Waals surface area contributed by atoms with E-state index in [1.807, 2.05) is 30.5 Å². The van der Waals surface area contributed by atoms with E-state index in [9.17, 15) is 4.79 Å². The zero-order valence-electron chi connectivity index (χ0n) is 15.4. The molecule has 0 aromatic carbocycles. The third-order valence-corrected chi connectivity index (χ3v) is 5.42. The highest BCUT2D eigenvalue weighted by Gasteiger charge is 2.23. The molecule has 26 heavy (non-hydrogen) atoms. The van der Waals surface area contributed by atoms with Crippen LogP contribution in [0.5, 0.6) is 0 Å². The number of carbonyl (C=O) groups is 1. The van der Waals surface area contributed by atoms with Crippen molar-refractivity contribution in [2.75, 3.05) is 13.1 Å². The van der Waals surface area contributed by atoms with Gasteiger partial charge in [0.2, 0.25) is 0 Å².